The highest BCUT2D eigenvalue weighted by Gasteiger charge is 2.38. The molecule has 0 aliphatic carbocycles. The van der Waals surface area contributed by atoms with Gasteiger partial charge in [-0.3, -0.25) is 0 Å². The summed E-state index contributed by atoms with van der Waals surface area (Å²) < 4.78 is 62.9. The Kier molecular flexibility index (Phi) is 4.33. The Morgan fingerprint density at radius 3 is 2.52 bits per heavy atom. The summed E-state index contributed by atoms with van der Waals surface area (Å²) in [6.07, 6.45) is -0.809. The zero-order valence-electron chi connectivity index (χ0n) is 12.7. The van der Waals surface area contributed by atoms with Gasteiger partial charge in [-0.05, 0) is 5.56 Å². The topological polar surface area (TPSA) is 94.4 Å². The molecule has 0 bridgehead atoms. The Hall–Kier alpha value is -2.69. The molecule has 25 heavy (non-hydrogen) atoms. The van der Waals surface area contributed by atoms with Crippen LogP contribution in [0.2, 0.25) is 0 Å². The molecule has 3 aromatic rings. The van der Waals surface area contributed by atoms with Crippen LogP contribution in [0.3, 0.4) is 0 Å². The van der Waals surface area contributed by atoms with Gasteiger partial charge in [0.2, 0.25) is 5.82 Å². The van der Waals surface area contributed by atoms with Crippen molar-refractivity contribution >= 4 is 9.73 Å². The molecule has 11 heteroatoms. The van der Waals surface area contributed by atoms with Crippen LogP contribution in [0.5, 0.6) is 0 Å². The number of alkyl halides is 3. The maximum absolute atomic E-state index is 12.5. The van der Waals surface area contributed by atoms with Crippen molar-refractivity contribution in [3.63, 3.8) is 0 Å². The molecular formula is C14H11F3N4O3S. The van der Waals surface area contributed by atoms with Gasteiger partial charge in [-0.15, -0.1) is 0 Å². The average molecular weight is 372 g/mol. The fraction of sp³-hybridized carbons (Fsp3) is 0.214. The number of aromatic nitrogens is 3. The summed E-state index contributed by atoms with van der Waals surface area (Å²) >= 11 is 0. The van der Waals surface area contributed by atoms with Crippen LogP contribution in [0.1, 0.15) is 11.5 Å². The second kappa shape index (κ2) is 6.31. The van der Waals surface area contributed by atoms with Gasteiger partial charge in [0.15, 0.2) is 11.4 Å². The van der Waals surface area contributed by atoms with E-state index in [0.717, 1.165) is 0 Å². The van der Waals surface area contributed by atoms with E-state index >= 15 is 0 Å². The van der Waals surface area contributed by atoms with Gasteiger partial charge >= 0.3 is 12.1 Å². The number of halogens is 3. The van der Waals surface area contributed by atoms with E-state index in [1.165, 1.54) is 31.0 Å². The van der Waals surface area contributed by atoms with Crippen molar-refractivity contribution in [2.75, 3.05) is 6.26 Å². The van der Waals surface area contributed by atoms with Crippen LogP contribution in [0.4, 0.5) is 13.2 Å². The number of hydrogen-bond acceptors (Lipinski definition) is 7. The first kappa shape index (κ1) is 17.1. The third kappa shape index (κ3) is 3.87. The quantitative estimate of drug-likeness (QED) is 0.697. The summed E-state index contributed by atoms with van der Waals surface area (Å²) in [4.78, 5) is 7.13. The molecule has 0 N–H and O–H groups in total. The molecule has 0 saturated heterocycles. The van der Waals surface area contributed by atoms with Crippen molar-refractivity contribution in [1.82, 2.24) is 15.1 Å². The van der Waals surface area contributed by atoms with Crippen LogP contribution in [-0.4, -0.2) is 25.6 Å². The van der Waals surface area contributed by atoms with Crippen LogP contribution in [0.15, 0.2) is 55.3 Å². The Morgan fingerprint density at radius 1 is 1.24 bits per heavy atom. The Bertz CT molecular complexity index is 972. The number of hydrogen-bond donors (Lipinski definition) is 0. The van der Waals surface area contributed by atoms with Crippen molar-refractivity contribution in [3.05, 3.63) is 48.4 Å². The summed E-state index contributed by atoms with van der Waals surface area (Å²) in [5, 5.41) is 3.55. The van der Waals surface area contributed by atoms with E-state index in [9.17, 15) is 17.4 Å². The smallest absolute Gasteiger partial charge is 0.450 e. The van der Waals surface area contributed by atoms with Crippen LogP contribution in [0, 0.1) is 0 Å². The van der Waals surface area contributed by atoms with Crippen LogP contribution < -0.4 is 0 Å². The minimum absolute atomic E-state index is 0.141. The highest BCUT2D eigenvalue weighted by molar-refractivity contribution is 7.92. The molecule has 3 rings (SSSR count). The fourth-order valence-corrected chi connectivity index (χ4v) is 2.87. The molecule has 0 fully saturated rings. The molecule has 1 atom stereocenters. The highest BCUT2D eigenvalue weighted by atomic mass is 32.2. The van der Waals surface area contributed by atoms with Crippen molar-refractivity contribution in [3.8, 4) is 11.4 Å². The number of nitrogens with zero attached hydrogens (tertiary/aromatic N) is 4. The van der Waals surface area contributed by atoms with E-state index in [2.05, 4.69) is 24.0 Å². The number of rotatable bonds is 4. The predicted octanol–water partition coefficient (Wildman–Crippen LogP) is 3.40. The normalized spacial score (nSPS) is 14.2. The molecule has 0 saturated carbocycles. The molecule has 1 unspecified atom stereocenters. The third-order valence-electron chi connectivity index (χ3n) is 3.17. The molecule has 7 nitrogen and oxygen atoms in total. The van der Waals surface area contributed by atoms with Crippen molar-refractivity contribution < 1.29 is 26.3 Å². The van der Waals surface area contributed by atoms with Gasteiger partial charge in [-0.1, -0.05) is 29.4 Å². The lowest BCUT2D eigenvalue weighted by Crippen LogP contribution is -2.04. The highest BCUT2D eigenvalue weighted by Crippen LogP contribution is 2.29. The minimum Gasteiger partial charge on any atom is -0.450 e. The summed E-state index contributed by atoms with van der Waals surface area (Å²) in [6, 6.07) is 6.31. The van der Waals surface area contributed by atoms with Gasteiger partial charge in [0.25, 0.3) is 0 Å². The molecule has 1 aromatic carbocycles. The maximum Gasteiger partial charge on any atom is 0.471 e. The number of oxazole rings is 1. The lowest BCUT2D eigenvalue weighted by atomic mass is 10.1. The molecule has 0 amide bonds. The second-order valence-corrected chi connectivity index (χ2v) is 7.32. The molecule has 132 valence electrons. The molecule has 0 radical (unpaired) electrons. The van der Waals surface area contributed by atoms with Gasteiger partial charge in [0.05, 0.1) is 16.3 Å². The Balaban J connectivity index is 1.77. The van der Waals surface area contributed by atoms with Crippen molar-refractivity contribution in [1.29, 1.82) is 0 Å². The zero-order chi connectivity index (χ0) is 18.1. The first-order chi connectivity index (χ1) is 11.8. The molecule has 0 spiro atoms. The van der Waals surface area contributed by atoms with E-state index < -0.39 is 21.8 Å². The standard InChI is InChI=1S/C14H11F3N4O3S/c1-25(22,11-7-23-8-18-11)19-6-9-2-4-10(5-3-9)12-20-13(24-21-12)14(15,16)17/h2-5,7-8H,6H2,1H3. The van der Waals surface area contributed by atoms with Gasteiger partial charge in [-0.2, -0.15) is 18.2 Å². The zero-order valence-corrected chi connectivity index (χ0v) is 13.5. The van der Waals surface area contributed by atoms with E-state index in [-0.39, 0.29) is 17.4 Å². The van der Waals surface area contributed by atoms with Gasteiger partial charge in [0, 0.05) is 11.8 Å². The lowest BCUT2D eigenvalue weighted by Gasteiger charge is -2.01. The second-order valence-electron chi connectivity index (χ2n) is 5.03. The molecule has 2 heterocycles. The fourth-order valence-electron chi connectivity index (χ4n) is 1.87. The van der Waals surface area contributed by atoms with Crippen LogP contribution in [0.25, 0.3) is 11.4 Å². The van der Waals surface area contributed by atoms with E-state index in [1.807, 2.05) is 0 Å². The van der Waals surface area contributed by atoms with E-state index in [0.29, 0.717) is 11.1 Å². The molecule has 2 aromatic heterocycles. The average Bonchev–Trinajstić information content (AvgIpc) is 3.24. The lowest BCUT2D eigenvalue weighted by molar-refractivity contribution is -0.159. The Labute approximate surface area is 140 Å². The summed E-state index contributed by atoms with van der Waals surface area (Å²) in [7, 11) is -2.69. The summed E-state index contributed by atoms with van der Waals surface area (Å²) in [6.45, 7) is 0.141. The van der Waals surface area contributed by atoms with Crippen molar-refractivity contribution in [2.24, 2.45) is 4.36 Å². The SMILES string of the molecule is CS(=O)(=NCc1ccc(-c2noc(C(F)(F)F)n2)cc1)c1cocn1. The summed E-state index contributed by atoms with van der Waals surface area (Å²) in [5.41, 5.74) is 1.07. The van der Waals surface area contributed by atoms with E-state index in [1.54, 1.807) is 12.1 Å². The van der Waals surface area contributed by atoms with Crippen LogP contribution in [-0.2, 0) is 22.5 Å². The van der Waals surface area contributed by atoms with Crippen LogP contribution >= 0.6 is 0 Å². The monoisotopic (exact) mass is 372 g/mol. The molecule has 0 aliphatic rings. The molecule has 0 aliphatic heterocycles. The maximum atomic E-state index is 12.5. The minimum atomic E-state index is -4.69. The number of benzene rings is 1. The van der Waals surface area contributed by atoms with Gasteiger partial charge < -0.3 is 8.94 Å². The third-order valence-corrected chi connectivity index (χ3v) is 4.77. The van der Waals surface area contributed by atoms with Crippen molar-refractivity contribution in [2.45, 2.75) is 17.7 Å². The van der Waals surface area contributed by atoms with E-state index in [4.69, 9.17) is 4.42 Å². The largest absolute Gasteiger partial charge is 0.471 e. The Morgan fingerprint density at radius 2 is 1.96 bits per heavy atom. The van der Waals surface area contributed by atoms with Gasteiger partial charge in [-0.25, -0.2) is 13.6 Å². The first-order valence-electron chi connectivity index (χ1n) is 6.82. The molecular weight excluding hydrogens is 361 g/mol. The predicted molar refractivity (Wildman–Crippen MR) is 79.7 cm³/mol. The van der Waals surface area contributed by atoms with Gasteiger partial charge in [0.1, 0.15) is 6.26 Å². The first-order valence-corrected chi connectivity index (χ1v) is 8.74. The summed E-state index contributed by atoms with van der Waals surface area (Å²) in [5.74, 6) is -1.57.